The van der Waals surface area contributed by atoms with Crippen molar-refractivity contribution in [3.8, 4) is 11.8 Å². The summed E-state index contributed by atoms with van der Waals surface area (Å²) in [7, 11) is 1.77. The van der Waals surface area contributed by atoms with E-state index in [1.165, 1.54) is 6.92 Å². The number of aromatic nitrogens is 1. The summed E-state index contributed by atoms with van der Waals surface area (Å²) in [6.07, 6.45) is 0.658. The number of carbonyl (C=O) groups is 1. The monoisotopic (exact) mass is 312 g/mol. The third kappa shape index (κ3) is 3.19. The maximum atomic E-state index is 11.4. The number of anilines is 2. The minimum Gasteiger partial charge on any atom is -0.492 e. The zero-order chi connectivity index (χ0) is 17.0. The first-order valence-corrected chi connectivity index (χ1v) is 7.54. The van der Waals surface area contributed by atoms with E-state index < -0.39 is 0 Å². The fourth-order valence-electron chi connectivity index (χ4n) is 2.54. The molecule has 0 aliphatic rings. The molecule has 2 N–H and O–H groups in total. The Morgan fingerprint density at radius 2 is 2.13 bits per heavy atom. The molecule has 0 aliphatic carbocycles. The summed E-state index contributed by atoms with van der Waals surface area (Å²) in [4.78, 5) is 16.0. The summed E-state index contributed by atoms with van der Waals surface area (Å²) in [5.41, 5.74) is 3.27. The van der Waals surface area contributed by atoms with Crippen LogP contribution in [-0.4, -0.2) is 24.5 Å². The second-order valence-electron chi connectivity index (χ2n) is 5.00. The van der Waals surface area contributed by atoms with E-state index in [0.29, 0.717) is 35.7 Å². The molecule has 1 aromatic heterocycles. The van der Waals surface area contributed by atoms with E-state index in [4.69, 9.17) is 4.74 Å². The van der Waals surface area contributed by atoms with Gasteiger partial charge in [-0.05, 0) is 19.4 Å². The molecule has 6 heteroatoms. The molecule has 1 heterocycles. The average Bonchev–Trinajstić information content (AvgIpc) is 2.53. The zero-order valence-corrected chi connectivity index (χ0v) is 13.8. The lowest BCUT2D eigenvalue weighted by Crippen LogP contribution is -2.09. The van der Waals surface area contributed by atoms with E-state index in [2.05, 4.69) is 21.7 Å². The summed E-state index contributed by atoms with van der Waals surface area (Å²) < 4.78 is 5.61. The van der Waals surface area contributed by atoms with Gasteiger partial charge in [-0.1, -0.05) is 6.92 Å². The van der Waals surface area contributed by atoms with Crippen molar-refractivity contribution >= 4 is 28.2 Å². The summed E-state index contributed by atoms with van der Waals surface area (Å²) in [6.45, 7) is 5.76. The zero-order valence-electron chi connectivity index (χ0n) is 13.8. The maximum Gasteiger partial charge on any atom is 0.221 e. The van der Waals surface area contributed by atoms with E-state index in [-0.39, 0.29) is 5.91 Å². The number of pyridine rings is 1. The standard InChI is InChI=1S/C17H20N4O2/c1-5-13-12(9-18)17(19-4)11-7-15(20-10(3)22)16(23-6-2)8-14(11)21-13/h7-8H,5-6H2,1-4H3,(H,19,21)(H,20,22). The normalized spacial score (nSPS) is 10.2. The number of carbonyl (C=O) groups excluding carboxylic acids is 1. The molecule has 0 fully saturated rings. The van der Waals surface area contributed by atoms with Crippen molar-refractivity contribution in [2.75, 3.05) is 24.3 Å². The Morgan fingerprint density at radius 3 is 2.65 bits per heavy atom. The molecule has 0 atom stereocenters. The number of rotatable bonds is 5. The molecular weight excluding hydrogens is 292 g/mol. The molecule has 0 saturated heterocycles. The maximum absolute atomic E-state index is 11.4. The van der Waals surface area contributed by atoms with Gasteiger partial charge in [0.05, 0.1) is 34.8 Å². The van der Waals surface area contributed by atoms with Gasteiger partial charge in [-0.3, -0.25) is 9.78 Å². The predicted molar refractivity (Wildman–Crippen MR) is 90.9 cm³/mol. The van der Waals surface area contributed by atoms with Crippen LogP contribution in [0.5, 0.6) is 5.75 Å². The van der Waals surface area contributed by atoms with E-state index >= 15 is 0 Å². The number of nitrogens with one attached hydrogen (secondary N) is 2. The van der Waals surface area contributed by atoms with Crippen molar-refractivity contribution < 1.29 is 9.53 Å². The lowest BCUT2D eigenvalue weighted by Gasteiger charge is -2.16. The number of aryl methyl sites for hydroxylation is 1. The fourth-order valence-corrected chi connectivity index (χ4v) is 2.54. The van der Waals surface area contributed by atoms with Gasteiger partial charge in [0, 0.05) is 25.4 Å². The molecule has 2 rings (SSSR count). The van der Waals surface area contributed by atoms with Crippen LogP contribution in [-0.2, 0) is 11.2 Å². The molecule has 0 aliphatic heterocycles. The van der Waals surface area contributed by atoms with Gasteiger partial charge in [-0.2, -0.15) is 5.26 Å². The number of amides is 1. The Morgan fingerprint density at radius 1 is 1.39 bits per heavy atom. The lowest BCUT2D eigenvalue weighted by molar-refractivity contribution is -0.114. The topological polar surface area (TPSA) is 87.0 Å². The summed E-state index contributed by atoms with van der Waals surface area (Å²) in [6, 6.07) is 5.80. The van der Waals surface area contributed by atoms with Gasteiger partial charge >= 0.3 is 0 Å². The van der Waals surface area contributed by atoms with E-state index in [1.807, 2.05) is 13.8 Å². The van der Waals surface area contributed by atoms with Crippen LogP contribution in [0, 0.1) is 11.3 Å². The van der Waals surface area contributed by atoms with Crippen molar-refractivity contribution in [1.29, 1.82) is 5.26 Å². The minimum atomic E-state index is -0.185. The Bertz CT molecular complexity index is 794. The molecule has 23 heavy (non-hydrogen) atoms. The molecule has 0 bridgehead atoms. The number of nitrogens with zero attached hydrogens (tertiary/aromatic N) is 2. The highest BCUT2D eigenvalue weighted by Crippen LogP contribution is 2.35. The van der Waals surface area contributed by atoms with Crippen LogP contribution >= 0.6 is 0 Å². The lowest BCUT2D eigenvalue weighted by atomic mass is 10.0. The molecule has 0 radical (unpaired) electrons. The van der Waals surface area contributed by atoms with Crippen molar-refractivity contribution in [2.24, 2.45) is 0 Å². The van der Waals surface area contributed by atoms with Crippen LogP contribution in [0.15, 0.2) is 12.1 Å². The first-order valence-electron chi connectivity index (χ1n) is 7.54. The molecule has 0 saturated carbocycles. The van der Waals surface area contributed by atoms with E-state index in [0.717, 1.165) is 16.6 Å². The third-order valence-corrected chi connectivity index (χ3v) is 3.47. The molecule has 120 valence electrons. The summed E-state index contributed by atoms with van der Waals surface area (Å²) in [5.74, 6) is 0.381. The highest BCUT2D eigenvalue weighted by molar-refractivity contribution is 6.01. The molecule has 6 nitrogen and oxygen atoms in total. The molecule has 1 aromatic carbocycles. The molecule has 0 spiro atoms. The quantitative estimate of drug-likeness (QED) is 0.886. The number of ether oxygens (including phenoxy) is 1. The molecule has 2 aromatic rings. The van der Waals surface area contributed by atoms with Gasteiger partial charge in [-0.15, -0.1) is 0 Å². The van der Waals surface area contributed by atoms with Gasteiger partial charge in [-0.25, -0.2) is 0 Å². The van der Waals surface area contributed by atoms with Crippen molar-refractivity contribution in [3.05, 3.63) is 23.4 Å². The Labute approximate surface area is 135 Å². The first-order chi connectivity index (χ1) is 11.0. The van der Waals surface area contributed by atoms with Crippen molar-refractivity contribution in [3.63, 3.8) is 0 Å². The Kier molecular flexibility index (Phi) is 5.02. The average molecular weight is 312 g/mol. The van der Waals surface area contributed by atoms with Gasteiger partial charge in [0.25, 0.3) is 0 Å². The van der Waals surface area contributed by atoms with E-state index in [1.54, 1.807) is 19.2 Å². The Hall–Kier alpha value is -2.81. The molecule has 0 unspecified atom stereocenters. The van der Waals surface area contributed by atoms with Crippen molar-refractivity contribution in [1.82, 2.24) is 4.98 Å². The van der Waals surface area contributed by atoms with Crippen LogP contribution < -0.4 is 15.4 Å². The smallest absolute Gasteiger partial charge is 0.221 e. The molecule has 1 amide bonds. The highest BCUT2D eigenvalue weighted by Gasteiger charge is 2.16. The summed E-state index contributed by atoms with van der Waals surface area (Å²) in [5, 5.41) is 16.1. The number of benzene rings is 1. The van der Waals surface area contributed by atoms with Gasteiger partial charge in [0.15, 0.2) is 0 Å². The van der Waals surface area contributed by atoms with Crippen LogP contribution in [0.2, 0.25) is 0 Å². The fraction of sp³-hybridized carbons (Fsp3) is 0.353. The van der Waals surface area contributed by atoms with Crippen LogP contribution in [0.1, 0.15) is 32.0 Å². The van der Waals surface area contributed by atoms with Gasteiger partial charge < -0.3 is 15.4 Å². The van der Waals surface area contributed by atoms with Crippen LogP contribution in [0.4, 0.5) is 11.4 Å². The predicted octanol–water partition coefficient (Wildman–Crippen LogP) is 3.07. The number of hydrogen-bond donors (Lipinski definition) is 2. The SMILES string of the molecule is CCOc1cc2nc(CC)c(C#N)c(NC)c2cc1NC(C)=O. The Balaban J connectivity index is 2.81. The van der Waals surface area contributed by atoms with Crippen molar-refractivity contribution in [2.45, 2.75) is 27.2 Å². The molecular formula is C17H20N4O2. The second-order valence-corrected chi connectivity index (χ2v) is 5.00. The number of fused-ring (bicyclic) bond motifs is 1. The largest absolute Gasteiger partial charge is 0.492 e. The first kappa shape index (κ1) is 16.6. The van der Waals surface area contributed by atoms with Crippen LogP contribution in [0.25, 0.3) is 10.9 Å². The second kappa shape index (κ2) is 6.97. The van der Waals surface area contributed by atoms with E-state index in [9.17, 15) is 10.1 Å². The van der Waals surface area contributed by atoms with Gasteiger partial charge in [0.1, 0.15) is 11.8 Å². The van der Waals surface area contributed by atoms with Crippen LogP contribution in [0.3, 0.4) is 0 Å². The third-order valence-electron chi connectivity index (χ3n) is 3.47. The van der Waals surface area contributed by atoms with Gasteiger partial charge in [0.2, 0.25) is 5.91 Å². The minimum absolute atomic E-state index is 0.185. The number of hydrogen-bond acceptors (Lipinski definition) is 5. The highest BCUT2D eigenvalue weighted by atomic mass is 16.5. The summed E-state index contributed by atoms with van der Waals surface area (Å²) >= 11 is 0. The number of nitriles is 1.